The van der Waals surface area contributed by atoms with Crippen molar-refractivity contribution >= 4 is 40.2 Å². The van der Waals surface area contributed by atoms with E-state index in [-0.39, 0.29) is 5.97 Å². The van der Waals surface area contributed by atoms with Gasteiger partial charge < -0.3 is 4.74 Å². The average Bonchev–Trinajstić information content (AvgIpc) is 2.10. The number of benzene rings is 1. The van der Waals surface area contributed by atoms with Gasteiger partial charge in [0.25, 0.3) is 0 Å². The molecule has 0 spiro atoms. The minimum absolute atomic E-state index is 0.325. The van der Waals surface area contributed by atoms with Crippen LogP contribution in [0.3, 0.4) is 0 Å². The van der Waals surface area contributed by atoms with Gasteiger partial charge in [0.15, 0.2) is 0 Å². The van der Waals surface area contributed by atoms with E-state index in [2.05, 4.69) is 0 Å². The van der Waals surface area contributed by atoms with Crippen LogP contribution in [0.25, 0.3) is 0 Å². The van der Waals surface area contributed by atoms with Gasteiger partial charge in [0.2, 0.25) is 0 Å². The van der Waals surface area contributed by atoms with E-state index in [1.165, 1.54) is 0 Å². The van der Waals surface area contributed by atoms with Crippen molar-refractivity contribution in [3.8, 4) is 0 Å². The molecule has 13 heavy (non-hydrogen) atoms. The quantitative estimate of drug-likeness (QED) is 0.620. The topological polar surface area (TPSA) is 26.3 Å². The fourth-order valence-electron chi connectivity index (χ4n) is 0.870. The Morgan fingerprint density at radius 3 is 2.92 bits per heavy atom. The summed E-state index contributed by atoms with van der Waals surface area (Å²) in [6, 6.07) is 5.18. The van der Waals surface area contributed by atoms with Crippen LogP contribution in [0.15, 0.2) is 18.2 Å². The van der Waals surface area contributed by atoms with E-state index in [4.69, 9.17) is 16.3 Å². The van der Waals surface area contributed by atoms with E-state index >= 15 is 0 Å². The second-order valence-corrected chi connectivity index (χ2v) is 3.81. The van der Waals surface area contributed by atoms with Gasteiger partial charge in [-0.2, -0.15) is 0 Å². The number of ether oxygens (including phenoxy) is 1. The molecule has 0 atom stereocenters. The van der Waals surface area contributed by atoms with E-state index in [1.54, 1.807) is 25.1 Å². The maximum absolute atomic E-state index is 11.3. The van der Waals surface area contributed by atoms with Crippen LogP contribution in [-0.2, 0) is 4.74 Å². The van der Waals surface area contributed by atoms with Crippen LogP contribution in [-0.4, -0.2) is 12.6 Å². The molecule has 0 saturated heterocycles. The first kappa shape index (κ1) is 10.8. The molecule has 0 aliphatic heterocycles. The SMILES string of the molecule is CCOC(=O)c1cccc(Cl)c1I. The Morgan fingerprint density at radius 2 is 2.31 bits per heavy atom. The van der Waals surface area contributed by atoms with Crippen molar-refractivity contribution in [3.63, 3.8) is 0 Å². The minimum atomic E-state index is -0.325. The Labute approximate surface area is 95.4 Å². The number of carbonyl (C=O) groups excluding carboxylic acids is 1. The molecule has 0 radical (unpaired) electrons. The van der Waals surface area contributed by atoms with Gasteiger partial charge in [-0.05, 0) is 41.6 Å². The van der Waals surface area contributed by atoms with E-state index in [0.29, 0.717) is 17.2 Å². The van der Waals surface area contributed by atoms with Gasteiger partial charge in [0.05, 0.1) is 17.2 Å². The molecular formula is C9H8ClIO2. The standard InChI is InChI=1S/C9H8ClIO2/c1-2-13-9(12)6-4-3-5-7(10)8(6)11/h3-5H,2H2,1H3. The Kier molecular flexibility index (Phi) is 3.99. The highest BCUT2D eigenvalue weighted by Gasteiger charge is 2.12. The molecule has 0 aliphatic rings. The molecule has 1 aromatic rings. The van der Waals surface area contributed by atoms with E-state index < -0.39 is 0 Å². The predicted octanol–water partition coefficient (Wildman–Crippen LogP) is 3.12. The van der Waals surface area contributed by atoms with Crippen LogP contribution >= 0.6 is 34.2 Å². The fraction of sp³-hybridized carbons (Fsp3) is 0.222. The van der Waals surface area contributed by atoms with Crippen molar-refractivity contribution < 1.29 is 9.53 Å². The Morgan fingerprint density at radius 1 is 1.62 bits per heavy atom. The lowest BCUT2D eigenvalue weighted by atomic mass is 10.2. The second kappa shape index (κ2) is 4.81. The van der Waals surface area contributed by atoms with Crippen LogP contribution in [0.5, 0.6) is 0 Å². The van der Waals surface area contributed by atoms with Crippen LogP contribution in [0.4, 0.5) is 0 Å². The zero-order valence-electron chi connectivity index (χ0n) is 7.01. The van der Waals surface area contributed by atoms with E-state index in [1.807, 2.05) is 22.6 Å². The van der Waals surface area contributed by atoms with E-state index in [9.17, 15) is 4.79 Å². The zero-order chi connectivity index (χ0) is 9.84. The molecule has 70 valence electrons. The predicted molar refractivity (Wildman–Crippen MR) is 60.1 cm³/mol. The van der Waals surface area contributed by atoms with Crippen LogP contribution in [0.2, 0.25) is 5.02 Å². The van der Waals surface area contributed by atoms with Gasteiger partial charge in [-0.1, -0.05) is 17.7 Å². The summed E-state index contributed by atoms with van der Waals surface area (Å²) >= 11 is 7.87. The average molecular weight is 311 g/mol. The molecule has 4 heteroatoms. The number of halogens is 2. The Hall–Kier alpha value is -0.290. The summed E-state index contributed by atoms with van der Waals surface area (Å²) in [5.74, 6) is -0.325. The highest BCUT2D eigenvalue weighted by Crippen LogP contribution is 2.22. The van der Waals surface area contributed by atoms with Crippen molar-refractivity contribution in [2.24, 2.45) is 0 Å². The van der Waals surface area contributed by atoms with Crippen LogP contribution in [0, 0.1) is 3.57 Å². The van der Waals surface area contributed by atoms with Crippen molar-refractivity contribution in [3.05, 3.63) is 32.4 Å². The van der Waals surface area contributed by atoms with Gasteiger partial charge in [0.1, 0.15) is 0 Å². The molecule has 1 rings (SSSR count). The highest BCUT2D eigenvalue weighted by atomic mass is 127. The van der Waals surface area contributed by atoms with Crippen molar-refractivity contribution in [1.82, 2.24) is 0 Å². The molecule has 0 N–H and O–H groups in total. The molecule has 0 unspecified atom stereocenters. The summed E-state index contributed by atoms with van der Waals surface area (Å²) in [6.45, 7) is 2.15. The van der Waals surface area contributed by atoms with Gasteiger partial charge in [0, 0.05) is 3.57 Å². The summed E-state index contributed by atoms with van der Waals surface area (Å²) in [5.41, 5.74) is 0.523. The van der Waals surface area contributed by atoms with Crippen molar-refractivity contribution in [2.45, 2.75) is 6.92 Å². The number of rotatable bonds is 2. The summed E-state index contributed by atoms with van der Waals surface area (Å²) in [7, 11) is 0. The molecule has 0 aromatic heterocycles. The molecular weight excluding hydrogens is 302 g/mol. The third-order valence-corrected chi connectivity index (χ3v) is 3.24. The Balaban J connectivity index is 3.01. The van der Waals surface area contributed by atoms with Gasteiger partial charge in [-0.3, -0.25) is 0 Å². The summed E-state index contributed by atoms with van der Waals surface area (Å²) < 4.78 is 5.60. The molecule has 0 heterocycles. The first-order valence-corrected chi connectivity index (χ1v) is 5.23. The number of esters is 1. The molecule has 1 aromatic carbocycles. The lowest BCUT2D eigenvalue weighted by Crippen LogP contribution is -2.06. The fourth-order valence-corrected chi connectivity index (χ4v) is 1.62. The molecule has 0 aliphatic carbocycles. The molecule has 0 amide bonds. The maximum atomic E-state index is 11.3. The van der Waals surface area contributed by atoms with Crippen molar-refractivity contribution in [1.29, 1.82) is 0 Å². The number of carbonyl (C=O) groups is 1. The first-order valence-electron chi connectivity index (χ1n) is 3.78. The molecule has 0 bridgehead atoms. The van der Waals surface area contributed by atoms with Crippen molar-refractivity contribution in [2.75, 3.05) is 6.61 Å². The zero-order valence-corrected chi connectivity index (χ0v) is 9.93. The third kappa shape index (κ3) is 2.57. The normalized spacial score (nSPS) is 9.77. The Bertz CT molecular complexity index is 325. The lowest BCUT2D eigenvalue weighted by Gasteiger charge is -2.04. The monoisotopic (exact) mass is 310 g/mol. The lowest BCUT2D eigenvalue weighted by molar-refractivity contribution is 0.0525. The molecule has 0 fully saturated rings. The summed E-state index contributed by atoms with van der Waals surface area (Å²) in [5, 5.41) is 0.575. The van der Waals surface area contributed by atoms with Gasteiger partial charge in [-0.25, -0.2) is 4.79 Å². The van der Waals surface area contributed by atoms with E-state index in [0.717, 1.165) is 3.57 Å². The minimum Gasteiger partial charge on any atom is -0.462 e. The molecule has 0 saturated carbocycles. The second-order valence-electron chi connectivity index (χ2n) is 2.32. The third-order valence-electron chi connectivity index (χ3n) is 1.45. The van der Waals surface area contributed by atoms with Gasteiger partial charge in [-0.15, -0.1) is 0 Å². The summed E-state index contributed by atoms with van der Waals surface area (Å²) in [4.78, 5) is 11.3. The smallest absolute Gasteiger partial charge is 0.339 e. The maximum Gasteiger partial charge on any atom is 0.339 e. The number of hydrogen-bond donors (Lipinski definition) is 0. The summed E-state index contributed by atoms with van der Waals surface area (Å²) in [6.07, 6.45) is 0. The van der Waals surface area contributed by atoms with Gasteiger partial charge >= 0.3 is 5.97 Å². The first-order chi connectivity index (χ1) is 6.16. The number of hydrogen-bond acceptors (Lipinski definition) is 2. The van der Waals surface area contributed by atoms with Crippen LogP contribution in [0.1, 0.15) is 17.3 Å². The van der Waals surface area contributed by atoms with Crippen LogP contribution < -0.4 is 0 Å². The molecule has 2 nitrogen and oxygen atoms in total. The largest absolute Gasteiger partial charge is 0.462 e. The highest BCUT2D eigenvalue weighted by molar-refractivity contribution is 14.1.